The first-order valence-electron chi connectivity index (χ1n) is 7.57. The third kappa shape index (κ3) is 2.68. The van der Waals surface area contributed by atoms with Crippen LogP contribution in [0.5, 0.6) is 0 Å². The summed E-state index contributed by atoms with van der Waals surface area (Å²) in [5.74, 6) is 0.0756. The van der Waals surface area contributed by atoms with E-state index in [0.29, 0.717) is 24.8 Å². The van der Waals surface area contributed by atoms with Crippen molar-refractivity contribution in [2.45, 2.75) is 44.8 Å². The molecular formula is C15H23N3O2. The first kappa shape index (κ1) is 13.5. The van der Waals surface area contributed by atoms with Crippen molar-refractivity contribution in [3.63, 3.8) is 0 Å². The van der Waals surface area contributed by atoms with Crippen molar-refractivity contribution in [3.05, 3.63) is 18.0 Å². The van der Waals surface area contributed by atoms with E-state index in [0.717, 1.165) is 38.0 Å². The molecule has 110 valence electrons. The molecule has 1 aliphatic carbocycles. The fraction of sp³-hybridized carbons (Fsp3) is 0.667. The number of aromatic nitrogens is 1. The van der Waals surface area contributed by atoms with Gasteiger partial charge in [0, 0.05) is 31.9 Å². The van der Waals surface area contributed by atoms with E-state index in [2.05, 4.69) is 4.57 Å². The number of nitrogen functional groups attached to an aromatic ring is 1. The Morgan fingerprint density at radius 3 is 2.90 bits per heavy atom. The largest absolute Gasteiger partial charge is 0.397 e. The SMILES string of the molecule is CCN(CC1CCCO1)C(=O)c1cc(N)cn1C1CC1. The fourth-order valence-electron chi connectivity index (χ4n) is 2.88. The lowest BCUT2D eigenvalue weighted by molar-refractivity contribution is 0.0531. The van der Waals surface area contributed by atoms with Gasteiger partial charge < -0.3 is 19.9 Å². The molecule has 5 nitrogen and oxygen atoms in total. The number of carbonyl (C=O) groups is 1. The lowest BCUT2D eigenvalue weighted by atomic mass is 10.2. The Labute approximate surface area is 119 Å². The molecule has 1 aliphatic heterocycles. The van der Waals surface area contributed by atoms with Crippen molar-refractivity contribution >= 4 is 11.6 Å². The Balaban J connectivity index is 1.75. The summed E-state index contributed by atoms with van der Waals surface area (Å²) in [4.78, 5) is 14.6. The first-order valence-corrected chi connectivity index (χ1v) is 7.57. The van der Waals surface area contributed by atoms with Crippen LogP contribution in [0.25, 0.3) is 0 Å². The highest BCUT2D eigenvalue weighted by Crippen LogP contribution is 2.37. The Bertz CT molecular complexity index is 487. The number of hydrogen-bond donors (Lipinski definition) is 1. The Hall–Kier alpha value is -1.49. The zero-order chi connectivity index (χ0) is 14.1. The molecular weight excluding hydrogens is 254 g/mol. The van der Waals surface area contributed by atoms with E-state index in [4.69, 9.17) is 10.5 Å². The molecule has 0 spiro atoms. The molecule has 0 radical (unpaired) electrons. The molecule has 1 amide bonds. The molecule has 20 heavy (non-hydrogen) atoms. The van der Waals surface area contributed by atoms with Gasteiger partial charge in [-0.2, -0.15) is 0 Å². The van der Waals surface area contributed by atoms with Crippen molar-refractivity contribution < 1.29 is 9.53 Å². The van der Waals surface area contributed by atoms with Gasteiger partial charge in [0.05, 0.1) is 11.8 Å². The van der Waals surface area contributed by atoms with Crippen molar-refractivity contribution in [1.29, 1.82) is 0 Å². The number of ether oxygens (including phenoxy) is 1. The van der Waals surface area contributed by atoms with Gasteiger partial charge in [-0.05, 0) is 38.7 Å². The first-order chi connectivity index (χ1) is 9.69. The predicted octanol–water partition coefficient (Wildman–Crippen LogP) is 2.05. The van der Waals surface area contributed by atoms with Crippen LogP contribution in [0, 0.1) is 0 Å². The van der Waals surface area contributed by atoms with Gasteiger partial charge in [-0.25, -0.2) is 0 Å². The highest BCUT2D eigenvalue weighted by Gasteiger charge is 2.30. The monoisotopic (exact) mass is 277 g/mol. The quantitative estimate of drug-likeness (QED) is 0.896. The minimum Gasteiger partial charge on any atom is -0.397 e. The van der Waals surface area contributed by atoms with Gasteiger partial charge in [-0.3, -0.25) is 4.79 Å². The summed E-state index contributed by atoms with van der Waals surface area (Å²) >= 11 is 0. The van der Waals surface area contributed by atoms with E-state index in [-0.39, 0.29) is 12.0 Å². The highest BCUT2D eigenvalue weighted by molar-refractivity contribution is 5.94. The smallest absolute Gasteiger partial charge is 0.270 e. The van der Waals surface area contributed by atoms with Crippen LogP contribution in [0.3, 0.4) is 0 Å². The fourth-order valence-corrected chi connectivity index (χ4v) is 2.88. The van der Waals surface area contributed by atoms with E-state index in [1.54, 1.807) is 6.07 Å². The molecule has 1 unspecified atom stereocenters. The third-order valence-corrected chi connectivity index (χ3v) is 4.15. The number of likely N-dealkylation sites (N-methyl/N-ethyl adjacent to an activating group) is 1. The maximum Gasteiger partial charge on any atom is 0.270 e. The number of carbonyl (C=O) groups excluding carboxylic acids is 1. The Morgan fingerprint density at radius 2 is 2.30 bits per heavy atom. The topological polar surface area (TPSA) is 60.5 Å². The second-order valence-corrected chi connectivity index (χ2v) is 5.78. The lowest BCUT2D eigenvalue weighted by Crippen LogP contribution is -2.38. The lowest BCUT2D eigenvalue weighted by Gasteiger charge is -2.24. The van der Waals surface area contributed by atoms with Crippen molar-refractivity contribution in [2.24, 2.45) is 0 Å². The molecule has 3 rings (SSSR count). The van der Waals surface area contributed by atoms with Crippen molar-refractivity contribution in [3.8, 4) is 0 Å². The van der Waals surface area contributed by atoms with Gasteiger partial charge in [0.2, 0.25) is 0 Å². The van der Waals surface area contributed by atoms with Crippen LogP contribution in [-0.4, -0.2) is 41.2 Å². The van der Waals surface area contributed by atoms with Crippen LogP contribution >= 0.6 is 0 Å². The molecule has 2 aliphatic rings. The van der Waals surface area contributed by atoms with Gasteiger partial charge in [0.25, 0.3) is 5.91 Å². The second-order valence-electron chi connectivity index (χ2n) is 5.78. The van der Waals surface area contributed by atoms with Crippen molar-refractivity contribution in [1.82, 2.24) is 9.47 Å². The standard InChI is InChI=1S/C15H23N3O2/c1-2-17(10-13-4-3-7-20-13)15(19)14-8-11(16)9-18(14)12-5-6-12/h8-9,12-13H,2-7,10,16H2,1H3. The normalized spacial score (nSPS) is 22.1. The van der Waals surface area contributed by atoms with Crippen LogP contribution < -0.4 is 5.73 Å². The third-order valence-electron chi connectivity index (χ3n) is 4.15. The molecule has 2 N–H and O–H groups in total. The summed E-state index contributed by atoms with van der Waals surface area (Å²) < 4.78 is 7.69. The average Bonchev–Trinajstić information content (AvgIpc) is 3.01. The summed E-state index contributed by atoms with van der Waals surface area (Å²) in [5, 5.41) is 0. The number of amides is 1. The molecule has 1 aromatic rings. The average molecular weight is 277 g/mol. The van der Waals surface area contributed by atoms with Crippen molar-refractivity contribution in [2.75, 3.05) is 25.4 Å². The molecule has 1 saturated carbocycles. The van der Waals surface area contributed by atoms with Gasteiger partial charge in [0.15, 0.2) is 0 Å². The van der Waals surface area contributed by atoms with E-state index in [9.17, 15) is 4.79 Å². The number of nitrogens with two attached hydrogens (primary N) is 1. The minimum absolute atomic E-state index is 0.0756. The van der Waals surface area contributed by atoms with Gasteiger partial charge >= 0.3 is 0 Å². The van der Waals surface area contributed by atoms with Gasteiger partial charge in [0.1, 0.15) is 5.69 Å². The molecule has 1 aromatic heterocycles. The number of rotatable bonds is 5. The molecule has 0 bridgehead atoms. The molecule has 2 fully saturated rings. The van der Waals surface area contributed by atoms with Crippen LogP contribution in [0.2, 0.25) is 0 Å². The summed E-state index contributed by atoms with van der Waals surface area (Å²) in [5.41, 5.74) is 7.27. The summed E-state index contributed by atoms with van der Waals surface area (Å²) in [6.45, 7) is 4.22. The van der Waals surface area contributed by atoms with Crippen LogP contribution in [-0.2, 0) is 4.74 Å². The minimum atomic E-state index is 0.0756. The zero-order valence-electron chi connectivity index (χ0n) is 12.0. The van der Waals surface area contributed by atoms with E-state index < -0.39 is 0 Å². The van der Waals surface area contributed by atoms with E-state index >= 15 is 0 Å². The molecule has 1 atom stereocenters. The second kappa shape index (κ2) is 5.48. The van der Waals surface area contributed by atoms with Gasteiger partial charge in [-0.1, -0.05) is 0 Å². The van der Waals surface area contributed by atoms with Gasteiger partial charge in [-0.15, -0.1) is 0 Å². The molecule has 2 heterocycles. The van der Waals surface area contributed by atoms with Crippen LogP contribution in [0.4, 0.5) is 5.69 Å². The number of hydrogen-bond acceptors (Lipinski definition) is 3. The molecule has 1 saturated heterocycles. The summed E-state index contributed by atoms with van der Waals surface area (Å²) in [6, 6.07) is 2.27. The number of nitrogens with zero attached hydrogens (tertiary/aromatic N) is 2. The molecule has 0 aromatic carbocycles. The predicted molar refractivity (Wildman–Crippen MR) is 77.7 cm³/mol. The van der Waals surface area contributed by atoms with E-state index in [1.165, 1.54) is 0 Å². The molecule has 5 heteroatoms. The maximum absolute atomic E-state index is 12.7. The summed E-state index contributed by atoms with van der Waals surface area (Å²) in [6.07, 6.45) is 6.53. The highest BCUT2D eigenvalue weighted by atomic mass is 16.5. The van der Waals surface area contributed by atoms with Crippen LogP contribution in [0.1, 0.15) is 49.1 Å². The van der Waals surface area contributed by atoms with Crippen LogP contribution in [0.15, 0.2) is 12.3 Å². The number of anilines is 1. The maximum atomic E-state index is 12.7. The van der Waals surface area contributed by atoms with E-state index in [1.807, 2.05) is 18.0 Å². The summed E-state index contributed by atoms with van der Waals surface area (Å²) in [7, 11) is 0. The zero-order valence-corrected chi connectivity index (χ0v) is 12.0. The Kier molecular flexibility index (Phi) is 3.70. The Morgan fingerprint density at radius 1 is 1.50 bits per heavy atom.